The molecule has 20 heavy (non-hydrogen) atoms. The highest BCUT2D eigenvalue weighted by Gasteiger charge is 2.12. The Labute approximate surface area is 125 Å². The molecule has 1 aromatic carbocycles. The van der Waals surface area contributed by atoms with Crippen LogP contribution in [0, 0.1) is 6.92 Å². The lowest BCUT2D eigenvalue weighted by Gasteiger charge is -2.21. The first-order valence-electron chi connectivity index (χ1n) is 7.50. The van der Waals surface area contributed by atoms with Crippen molar-refractivity contribution >= 4 is 22.7 Å². The van der Waals surface area contributed by atoms with Crippen LogP contribution in [0.5, 0.6) is 0 Å². The maximum atomic E-state index is 4.55. The van der Waals surface area contributed by atoms with Gasteiger partial charge >= 0.3 is 0 Å². The summed E-state index contributed by atoms with van der Waals surface area (Å²) in [7, 11) is 0. The van der Waals surface area contributed by atoms with Gasteiger partial charge in [0.25, 0.3) is 0 Å². The molecule has 3 heteroatoms. The molecule has 1 unspecified atom stereocenters. The molecular formula is C17H22N2S. The second kappa shape index (κ2) is 6.59. The molecule has 2 aromatic rings. The van der Waals surface area contributed by atoms with Crippen LogP contribution in [0.15, 0.2) is 30.3 Å². The van der Waals surface area contributed by atoms with Gasteiger partial charge in [0.2, 0.25) is 0 Å². The molecule has 0 bridgehead atoms. The highest BCUT2D eigenvalue weighted by molar-refractivity contribution is 7.99. The van der Waals surface area contributed by atoms with Crippen LogP contribution >= 0.6 is 11.8 Å². The Morgan fingerprint density at radius 3 is 3.05 bits per heavy atom. The summed E-state index contributed by atoms with van der Waals surface area (Å²) >= 11 is 2.13. The first-order valence-corrected chi connectivity index (χ1v) is 8.55. The SMILES string of the molecule is Cc1ccc2cc(CNCC3CCCCS3)ccc2n1. The van der Waals surface area contributed by atoms with Gasteiger partial charge < -0.3 is 5.32 Å². The Morgan fingerprint density at radius 1 is 1.25 bits per heavy atom. The second-order valence-electron chi connectivity index (χ2n) is 5.60. The summed E-state index contributed by atoms with van der Waals surface area (Å²) in [4.78, 5) is 4.55. The van der Waals surface area contributed by atoms with Crippen molar-refractivity contribution in [3.8, 4) is 0 Å². The van der Waals surface area contributed by atoms with E-state index < -0.39 is 0 Å². The highest BCUT2D eigenvalue weighted by Crippen LogP contribution is 2.24. The molecule has 0 saturated carbocycles. The molecule has 2 heterocycles. The van der Waals surface area contributed by atoms with Gasteiger partial charge in [-0.3, -0.25) is 4.98 Å². The van der Waals surface area contributed by atoms with Gasteiger partial charge in [0.15, 0.2) is 0 Å². The Bertz CT molecular complexity index is 576. The molecule has 1 N–H and O–H groups in total. The number of fused-ring (bicyclic) bond motifs is 1. The molecule has 1 fully saturated rings. The summed E-state index contributed by atoms with van der Waals surface area (Å²) in [5, 5.41) is 5.66. The van der Waals surface area contributed by atoms with E-state index >= 15 is 0 Å². The lowest BCUT2D eigenvalue weighted by Crippen LogP contribution is -2.26. The van der Waals surface area contributed by atoms with Crippen LogP contribution in [-0.2, 0) is 6.54 Å². The lowest BCUT2D eigenvalue weighted by molar-refractivity contribution is 0.598. The van der Waals surface area contributed by atoms with Gasteiger partial charge in [0, 0.05) is 29.4 Å². The smallest absolute Gasteiger partial charge is 0.0705 e. The van der Waals surface area contributed by atoms with E-state index in [0.717, 1.165) is 29.6 Å². The van der Waals surface area contributed by atoms with Gasteiger partial charge in [0.05, 0.1) is 5.52 Å². The van der Waals surface area contributed by atoms with E-state index in [1.807, 2.05) is 6.92 Å². The first-order chi connectivity index (χ1) is 9.81. The van der Waals surface area contributed by atoms with Crippen molar-refractivity contribution in [3.05, 3.63) is 41.6 Å². The number of thioether (sulfide) groups is 1. The van der Waals surface area contributed by atoms with Crippen molar-refractivity contribution < 1.29 is 0 Å². The zero-order chi connectivity index (χ0) is 13.8. The number of benzene rings is 1. The van der Waals surface area contributed by atoms with Crippen LogP contribution in [0.25, 0.3) is 10.9 Å². The zero-order valence-corrected chi connectivity index (χ0v) is 12.9. The molecule has 0 radical (unpaired) electrons. The Hall–Kier alpha value is -1.06. The lowest BCUT2D eigenvalue weighted by atomic mass is 10.1. The second-order valence-corrected chi connectivity index (χ2v) is 7.01. The molecule has 2 nitrogen and oxygen atoms in total. The number of hydrogen-bond acceptors (Lipinski definition) is 3. The van der Waals surface area contributed by atoms with E-state index in [9.17, 15) is 0 Å². The summed E-state index contributed by atoms with van der Waals surface area (Å²) in [6.45, 7) is 4.13. The molecular weight excluding hydrogens is 264 g/mol. The molecule has 0 amide bonds. The number of rotatable bonds is 4. The van der Waals surface area contributed by atoms with Gasteiger partial charge in [0.1, 0.15) is 0 Å². The van der Waals surface area contributed by atoms with Crippen molar-refractivity contribution in [1.82, 2.24) is 10.3 Å². The van der Waals surface area contributed by atoms with Crippen molar-refractivity contribution in [2.75, 3.05) is 12.3 Å². The Morgan fingerprint density at radius 2 is 2.20 bits per heavy atom. The number of nitrogens with one attached hydrogen (secondary N) is 1. The van der Waals surface area contributed by atoms with Gasteiger partial charge in [-0.15, -0.1) is 0 Å². The number of pyridine rings is 1. The van der Waals surface area contributed by atoms with Gasteiger partial charge in [-0.2, -0.15) is 11.8 Å². The minimum Gasteiger partial charge on any atom is -0.312 e. The van der Waals surface area contributed by atoms with Crippen LogP contribution in [0.4, 0.5) is 0 Å². The molecule has 1 aliphatic heterocycles. The average molecular weight is 286 g/mol. The summed E-state index contributed by atoms with van der Waals surface area (Å²) in [5.74, 6) is 1.34. The Kier molecular flexibility index (Phi) is 4.58. The van der Waals surface area contributed by atoms with E-state index in [0.29, 0.717) is 0 Å². The van der Waals surface area contributed by atoms with Gasteiger partial charge in [-0.1, -0.05) is 18.6 Å². The predicted molar refractivity (Wildman–Crippen MR) is 88.3 cm³/mol. The summed E-state index contributed by atoms with van der Waals surface area (Å²) in [6, 6.07) is 10.8. The number of aromatic nitrogens is 1. The average Bonchev–Trinajstić information content (AvgIpc) is 2.48. The highest BCUT2D eigenvalue weighted by atomic mass is 32.2. The fourth-order valence-corrected chi connectivity index (χ4v) is 4.01. The quantitative estimate of drug-likeness (QED) is 0.922. The van der Waals surface area contributed by atoms with Crippen molar-refractivity contribution in [1.29, 1.82) is 0 Å². The van der Waals surface area contributed by atoms with Crippen molar-refractivity contribution in [3.63, 3.8) is 0 Å². The maximum Gasteiger partial charge on any atom is 0.0705 e. The fraction of sp³-hybridized carbons (Fsp3) is 0.471. The summed E-state index contributed by atoms with van der Waals surface area (Å²) in [6.07, 6.45) is 4.18. The number of nitrogens with zero attached hydrogens (tertiary/aromatic N) is 1. The van der Waals surface area contributed by atoms with E-state index in [4.69, 9.17) is 0 Å². The standard InChI is InChI=1S/C17H22N2S/c1-13-5-7-15-10-14(6-8-17(15)19-13)11-18-12-16-4-2-3-9-20-16/h5-8,10,16,18H,2-4,9,11-12H2,1H3. The topological polar surface area (TPSA) is 24.9 Å². The van der Waals surface area contributed by atoms with E-state index in [1.165, 1.54) is 36.0 Å². The van der Waals surface area contributed by atoms with E-state index in [2.05, 4.69) is 52.4 Å². The fourth-order valence-electron chi connectivity index (χ4n) is 2.73. The van der Waals surface area contributed by atoms with Crippen LogP contribution in [0.3, 0.4) is 0 Å². The molecule has 3 rings (SSSR count). The van der Waals surface area contributed by atoms with Crippen molar-refractivity contribution in [2.45, 2.75) is 38.0 Å². The van der Waals surface area contributed by atoms with E-state index in [-0.39, 0.29) is 0 Å². The minimum absolute atomic E-state index is 0.813. The van der Waals surface area contributed by atoms with Crippen LogP contribution < -0.4 is 5.32 Å². The number of aryl methyl sites for hydroxylation is 1. The first kappa shape index (κ1) is 13.9. The molecule has 1 aliphatic rings. The molecule has 0 spiro atoms. The minimum atomic E-state index is 0.813. The summed E-state index contributed by atoms with van der Waals surface area (Å²) in [5.41, 5.74) is 3.53. The molecule has 106 valence electrons. The number of hydrogen-bond donors (Lipinski definition) is 1. The summed E-state index contributed by atoms with van der Waals surface area (Å²) < 4.78 is 0. The van der Waals surface area contributed by atoms with E-state index in [1.54, 1.807) is 0 Å². The van der Waals surface area contributed by atoms with Crippen molar-refractivity contribution in [2.24, 2.45) is 0 Å². The molecule has 1 atom stereocenters. The zero-order valence-electron chi connectivity index (χ0n) is 12.1. The third-order valence-corrected chi connectivity index (χ3v) is 5.27. The predicted octanol–water partition coefficient (Wildman–Crippen LogP) is 3.92. The third-order valence-electron chi connectivity index (χ3n) is 3.87. The largest absolute Gasteiger partial charge is 0.312 e. The molecule has 0 aliphatic carbocycles. The molecule has 1 aromatic heterocycles. The maximum absolute atomic E-state index is 4.55. The van der Waals surface area contributed by atoms with Gasteiger partial charge in [-0.05, 0) is 49.3 Å². The Balaban J connectivity index is 1.58. The van der Waals surface area contributed by atoms with Crippen LogP contribution in [0.1, 0.15) is 30.5 Å². The van der Waals surface area contributed by atoms with Crippen LogP contribution in [-0.4, -0.2) is 22.5 Å². The van der Waals surface area contributed by atoms with Crippen LogP contribution in [0.2, 0.25) is 0 Å². The molecule has 1 saturated heterocycles. The van der Waals surface area contributed by atoms with Gasteiger partial charge in [-0.25, -0.2) is 0 Å². The third kappa shape index (κ3) is 3.53. The monoisotopic (exact) mass is 286 g/mol. The normalized spacial score (nSPS) is 19.4.